The summed E-state index contributed by atoms with van der Waals surface area (Å²) in [5.41, 5.74) is 0. The predicted octanol–water partition coefficient (Wildman–Crippen LogP) is 2.73. The van der Waals surface area contributed by atoms with E-state index in [4.69, 9.17) is 13.3 Å². The molecule has 0 aliphatic carbocycles. The molecule has 6 nitrogen and oxygen atoms in total. The van der Waals surface area contributed by atoms with Gasteiger partial charge in [0, 0.05) is 33.4 Å². The van der Waals surface area contributed by atoms with E-state index in [1.54, 1.807) is 6.55 Å². The van der Waals surface area contributed by atoms with Crippen molar-refractivity contribution in [2.24, 2.45) is 0 Å². The largest absolute Gasteiger partial charge is 0.519 e. The molecule has 0 aromatic rings. The quantitative estimate of drug-likeness (QED) is 0.635. The Morgan fingerprint density at radius 3 is 1.43 bits per heavy atom. The zero-order valence-electron chi connectivity index (χ0n) is 13.8. The molecule has 8 heteroatoms. The first-order valence-electron chi connectivity index (χ1n) is 7.17. The van der Waals surface area contributed by atoms with Crippen LogP contribution in [0.5, 0.6) is 0 Å². The Bertz CT molecular complexity index is 376. The molecule has 0 aliphatic heterocycles. The zero-order valence-corrected chi connectivity index (χ0v) is 15.8. The second-order valence-corrected chi connectivity index (χ2v) is 13.0. The van der Waals surface area contributed by atoms with E-state index in [0.29, 0.717) is 12.1 Å². The first-order chi connectivity index (χ1) is 9.58. The van der Waals surface area contributed by atoms with Crippen molar-refractivity contribution in [3.05, 3.63) is 0 Å². The molecule has 0 bridgehead atoms. The fourth-order valence-electron chi connectivity index (χ4n) is 2.29. The second kappa shape index (κ2) is 8.33. The molecule has 0 aromatic carbocycles. The third-order valence-corrected chi connectivity index (χ3v) is 11.0. The van der Waals surface area contributed by atoms with Crippen LogP contribution in [0, 0.1) is 0 Å². The van der Waals surface area contributed by atoms with Crippen LogP contribution in [0.1, 0.15) is 34.6 Å². The van der Waals surface area contributed by atoms with E-state index in [-0.39, 0.29) is 5.97 Å². The SMILES string of the molecule is CC[Si](CC)(CC[Si](C)(OC(C)=O)OC(C)=O)OC(C)=O. The van der Waals surface area contributed by atoms with E-state index >= 15 is 0 Å². The molecule has 0 spiro atoms. The first-order valence-corrected chi connectivity index (χ1v) is 12.2. The molecule has 0 saturated carbocycles. The molecule has 0 rings (SSSR count). The van der Waals surface area contributed by atoms with Gasteiger partial charge in [0.25, 0.3) is 26.2 Å². The van der Waals surface area contributed by atoms with E-state index in [2.05, 4.69) is 0 Å². The van der Waals surface area contributed by atoms with Crippen molar-refractivity contribution < 1.29 is 27.7 Å². The Hall–Kier alpha value is -1.16. The van der Waals surface area contributed by atoms with Gasteiger partial charge in [0.2, 0.25) is 0 Å². The third-order valence-electron chi connectivity index (χ3n) is 3.40. The molecule has 0 N–H and O–H groups in total. The maximum absolute atomic E-state index is 11.3. The average molecular weight is 335 g/mol. The first kappa shape index (κ1) is 19.8. The van der Waals surface area contributed by atoms with Gasteiger partial charge >= 0.3 is 8.56 Å². The smallest absolute Gasteiger partial charge is 0.460 e. The number of rotatable bonds is 8. The van der Waals surface area contributed by atoms with Crippen LogP contribution in [-0.2, 0) is 27.7 Å². The van der Waals surface area contributed by atoms with Gasteiger partial charge in [0.15, 0.2) is 0 Å². The summed E-state index contributed by atoms with van der Waals surface area (Å²) in [7, 11) is -5.14. The molecule has 122 valence electrons. The lowest BCUT2D eigenvalue weighted by atomic mass is 10.9. The molecule has 0 saturated heterocycles. The molecule has 21 heavy (non-hydrogen) atoms. The number of carbonyl (C=O) groups is 3. The monoisotopic (exact) mass is 334 g/mol. The standard InChI is InChI=1S/C13H26O6Si2/c1-7-21(8-2,19-13(5)16)10-9-20(6,17-11(3)14)18-12(4)15/h7-10H2,1-6H3. The fourth-order valence-corrected chi connectivity index (χ4v) is 9.60. The summed E-state index contributed by atoms with van der Waals surface area (Å²) < 4.78 is 16.1. The minimum absolute atomic E-state index is 0.284. The third kappa shape index (κ3) is 7.42. The van der Waals surface area contributed by atoms with Crippen LogP contribution in [-0.4, -0.2) is 34.8 Å². The Kier molecular flexibility index (Phi) is 7.87. The van der Waals surface area contributed by atoms with Crippen molar-refractivity contribution >= 4 is 34.8 Å². The molecular formula is C13H26O6Si2. The van der Waals surface area contributed by atoms with E-state index in [1.807, 2.05) is 13.8 Å². The highest BCUT2D eigenvalue weighted by atomic mass is 28.4. The number of carbonyl (C=O) groups excluding carboxylic acids is 3. The summed E-state index contributed by atoms with van der Waals surface area (Å²) in [4.78, 5) is 33.8. The van der Waals surface area contributed by atoms with Gasteiger partial charge in [-0.3, -0.25) is 14.4 Å². The van der Waals surface area contributed by atoms with E-state index in [1.165, 1.54) is 20.8 Å². The van der Waals surface area contributed by atoms with Crippen LogP contribution in [0.25, 0.3) is 0 Å². The summed E-state index contributed by atoms with van der Waals surface area (Å²) in [6.45, 7) is 9.68. The fraction of sp³-hybridized carbons (Fsp3) is 0.769. The van der Waals surface area contributed by atoms with Gasteiger partial charge in [-0.1, -0.05) is 13.8 Å². The minimum atomic E-state index is -2.92. The number of hydrogen-bond acceptors (Lipinski definition) is 6. The maximum Gasteiger partial charge on any atom is 0.460 e. The van der Waals surface area contributed by atoms with Crippen molar-refractivity contribution in [2.45, 2.75) is 65.3 Å². The molecule has 0 aliphatic rings. The van der Waals surface area contributed by atoms with Gasteiger partial charge < -0.3 is 13.3 Å². The van der Waals surface area contributed by atoms with Crippen LogP contribution in [0.3, 0.4) is 0 Å². The van der Waals surface area contributed by atoms with Crippen LogP contribution < -0.4 is 0 Å². The van der Waals surface area contributed by atoms with Crippen molar-refractivity contribution in [1.29, 1.82) is 0 Å². The van der Waals surface area contributed by atoms with Crippen molar-refractivity contribution in [2.75, 3.05) is 0 Å². The molecular weight excluding hydrogens is 308 g/mol. The molecule has 0 aromatic heterocycles. The van der Waals surface area contributed by atoms with Crippen LogP contribution >= 0.6 is 0 Å². The van der Waals surface area contributed by atoms with Gasteiger partial charge in [-0.05, 0) is 18.1 Å². The lowest BCUT2D eigenvalue weighted by molar-refractivity contribution is -0.139. The van der Waals surface area contributed by atoms with Crippen molar-refractivity contribution in [1.82, 2.24) is 0 Å². The van der Waals surface area contributed by atoms with Crippen molar-refractivity contribution in [3.8, 4) is 0 Å². The lowest BCUT2D eigenvalue weighted by Gasteiger charge is -2.32. The highest BCUT2D eigenvalue weighted by Crippen LogP contribution is 2.29. The Labute approximate surface area is 128 Å². The van der Waals surface area contributed by atoms with Gasteiger partial charge in [0.1, 0.15) is 0 Å². The zero-order chi connectivity index (χ0) is 16.7. The van der Waals surface area contributed by atoms with Crippen molar-refractivity contribution in [3.63, 3.8) is 0 Å². The normalized spacial score (nSPS) is 11.7. The maximum atomic E-state index is 11.3. The summed E-state index contributed by atoms with van der Waals surface area (Å²) in [5.74, 6) is -1.20. The Balaban J connectivity index is 5.02. The highest BCUT2D eigenvalue weighted by molar-refractivity contribution is 6.78. The molecule has 0 unspecified atom stereocenters. The molecule has 0 heterocycles. The summed E-state index contributed by atoms with van der Waals surface area (Å²) in [6, 6.07) is 2.65. The van der Waals surface area contributed by atoms with E-state index in [9.17, 15) is 14.4 Å². The predicted molar refractivity (Wildman–Crippen MR) is 83.2 cm³/mol. The van der Waals surface area contributed by atoms with Gasteiger partial charge in [-0.2, -0.15) is 0 Å². The Morgan fingerprint density at radius 1 is 0.762 bits per heavy atom. The molecule has 0 amide bonds. The topological polar surface area (TPSA) is 78.9 Å². The summed E-state index contributed by atoms with van der Waals surface area (Å²) >= 11 is 0. The minimum Gasteiger partial charge on any atom is -0.519 e. The second-order valence-electron chi connectivity index (χ2n) is 5.30. The van der Waals surface area contributed by atoms with Gasteiger partial charge in [0.05, 0.1) is 0 Å². The average Bonchev–Trinajstić information content (AvgIpc) is 2.32. The summed E-state index contributed by atoms with van der Waals surface area (Å²) in [6.07, 6.45) is 0. The van der Waals surface area contributed by atoms with Crippen LogP contribution in [0.15, 0.2) is 0 Å². The van der Waals surface area contributed by atoms with Gasteiger partial charge in [-0.25, -0.2) is 0 Å². The van der Waals surface area contributed by atoms with Crippen LogP contribution in [0.2, 0.25) is 30.7 Å². The number of hydrogen-bond donors (Lipinski definition) is 0. The Morgan fingerprint density at radius 2 is 1.14 bits per heavy atom. The lowest BCUT2D eigenvalue weighted by Crippen LogP contribution is -2.46. The highest BCUT2D eigenvalue weighted by Gasteiger charge is 2.43. The van der Waals surface area contributed by atoms with E-state index < -0.39 is 28.8 Å². The molecule has 0 fully saturated rings. The van der Waals surface area contributed by atoms with Crippen LogP contribution in [0.4, 0.5) is 0 Å². The molecule has 0 radical (unpaired) electrons. The molecule has 0 atom stereocenters. The van der Waals surface area contributed by atoms with E-state index in [0.717, 1.165) is 12.1 Å². The van der Waals surface area contributed by atoms with Gasteiger partial charge in [-0.15, -0.1) is 0 Å². The summed E-state index contributed by atoms with van der Waals surface area (Å²) in [5, 5.41) is 0.